The Morgan fingerprint density at radius 1 is 1.31 bits per heavy atom. The van der Waals surface area contributed by atoms with Crippen LogP contribution >= 0.6 is 0 Å². The highest BCUT2D eigenvalue weighted by molar-refractivity contribution is 5.19. The van der Waals surface area contributed by atoms with E-state index in [0.717, 1.165) is 18.5 Å². The third-order valence-corrected chi connectivity index (χ3v) is 3.24. The first kappa shape index (κ1) is 13.2. The highest BCUT2D eigenvalue weighted by Crippen LogP contribution is 2.33. The molecule has 0 spiro atoms. The predicted octanol–water partition coefficient (Wildman–Crippen LogP) is 3.16. The van der Waals surface area contributed by atoms with Crippen LogP contribution in [-0.2, 0) is 6.42 Å². The summed E-state index contributed by atoms with van der Waals surface area (Å²) in [5.41, 5.74) is 2.63. The molecule has 16 heavy (non-hydrogen) atoms. The van der Waals surface area contributed by atoms with Gasteiger partial charge in [-0.25, -0.2) is 0 Å². The normalized spacial score (nSPS) is 13.8. The van der Waals surface area contributed by atoms with E-state index in [2.05, 4.69) is 44.8 Å². The molecule has 0 bridgehead atoms. The monoisotopic (exact) mass is 221 g/mol. The van der Waals surface area contributed by atoms with Gasteiger partial charge in [-0.15, -0.1) is 0 Å². The SMILES string of the molecule is CC(c1ccc(CCCO)nc1)C(C)(C)C. The lowest BCUT2D eigenvalue weighted by molar-refractivity contribution is 0.288. The standard InChI is InChI=1S/C14H23NO/c1-11(14(2,3)4)12-7-8-13(15-10-12)6-5-9-16/h7-8,10-11,16H,5-6,9H2,1-4H3. The molecule has 0 aliphatic rings. The van der Waals surface area contributed by atoms with Crippen molar-refractivity contribution in [3.8, 4) is 0 Å². The average molecular weight is 221 g/mol. The van der Waals surface area contributed by atoms with E-state index in [0.29, 0.717) is 5.92 Å². The molecule has 1 heterocycles. The molecule has 0 saturated heterocycles. The van der Waals surface area contributed by atoms with Gasteiger partial charge < -0.3 is 5.11 Å². The van der Waals surface area contributed by atoms with E-state index in [4.69, 9.17) is 5.11 Å². The van der Waals surface area contributed by atoms with Crippen LogP contribution in [-0.4, -0.2) is 16.7 Å². The van der Waals surface area contributed by atoms with E-state index in [1.54, 1.807) is 0 Å². The van der Waals surface area contributed by atoms with Crippen molar-refractivity contribution in [2.75, 3.05) is 6.61 Å². The quantitative estimate of drug-likeness (QED) is 0.847. The lowest BCUT2D eigenvalue weighted by Gasteiger charge is -2.27. The predicted molar refractivity (Wildman–Crippen MR) is 67.5 cm³/mol. The Bertz CT molecular complexity index is 311. The van der Waals surface area contributed by atoms with Crippen LogP contribution in [0.15, 0.2) is 18.3 Å². The summed E-state index contributed by atoms with van der Waals surface area (Å²) >= 11 is 0. The molecule has 0 fully saturated rings. The molecular weight excluding hydrogens is 198 g/mol. The maximum absolute atomic E-state index is 8.75. The molecule has 1 unspecified atom stereocenters. The zero-order valence-electron chi connectivity index (χ0n) is 10.8. The molecule has 2 heteroatoms. The van der Waals surface area contributed by atoms with Crippen molar-refractivity contribution in [2.24, 2.45) is 5.41 Å². The summed E-state index contributed by atoms with van der Waals surface area (Å²) < 4.78 is 0. The molecule has 1 aromatic heterocycles. The van der Waals surface area contributed by atoms with Gasteiger partial charge in [-0.05, 0) is 35.8 Å². The number of nitrogens with zero attached hydrogens (tertiary/aromatic N) is 1. The molecule has 90 valence electrons. The van der Waals surface area contributed by atoms with Crippen LogP contribution in [0, 0.1) is 5.41 Å². The Hall–Kier alpha value is -0.890. The number of rotatable bonds is 4. The Balaban J connectivity index is 2.71. The fraction of sp³-hybridized carbons (Fsp3) is 0.643. The molecule has 1 N–H and O–H groups in total. The Kier molecular flexibility index (Phi) is 4.48. The van der Waals surface area contributed by atoms with Crippen molar-refractivity contribution in [2.45, 2.75) is 46.5 Å². The van der Waals surface area contributed by atoms with E-state index in [1.165, 1.54) is 5.56 Å². The summed E-state index contributed by atoms with van der Waals surface area (Å²) in [6.07, 6.45) is 3.63. The van der Waals surface area contributed by atoms with Gasteiger partial charge in [0.2, 0.25) is 0 Å². The van der Waals surface area contributed by atoms with Crippen LogP contribution in [0.2, 0.25) is 0 Å². The minimum absolute atomic E-state index is 0.238. The van der Waals surface area contributed by atoms with Gasteiger partial charge in [0.1, 0.15) is 0 Å². The molecule has 0 saturated carbocycles. The minimum atomic E-state index is 0.238. The number of aromatic nitrogens is 1. The number of aryl methyl sites for hydroxylation is 1. The van der Waals surface area contributed by atoms with Gasteiger partial charge in [-0.3, -0.25) is 4.98 Å². The fourth-order valence-corrected chi connectivity index (χ4v) is 1.60. The van der Waals surface area contributed by atoms with Crippen LogP contribution in [0.25, 0.3) is 0 Å². The van der Waals surface area contributed by atoms with Crippen LogP contribution in [0.3, 0.4) is 0 Å². The first-order valence-electron chi connectivity index (χ1n) is 6.01. The molecular formula is C14H23NO. The van der Waals surface area contributed by atoms with E-state index >= 15 is 0 Å². The second kappa shape index (κ2) is 5.44. The summed E-state index contributed by atoms with van der Waals surface area (Å²) in [5, 5.41) is 8.75. The zero-order valence-corrected chi connectivity index (χ0v) is 10.8. The van der Waals surface area contributed by atoms with Gasteiger partial charge in [0.05, 0.1) is 0 Å². The molecule has 0 aromatic carbocycles. The molecule has 1 aromatic rings. The van der Waals surface area contributed by atoms with E-state index < -0.39 is 0 Å². The number of hydrogen-bond acceptors (Lipinski definition) is 2. The van der Waals surface area contributed by atoms with Gasteiger partial charge >= 0.3 is 0 Å². The second-order valence-corrected chi connectivity index (χ2v) is 5.50. The van der Waals surface area contributed by atoms with E-state index in [-0.39, 0.29) is 12.0 Å². The Labute approximate surface area is 98.7 Å². The van der Waals surface area contributed by atoms with Gasteiger partial charge in [-0.2, -0.15) is 0 Å². The zero-order chi connectivity index (χ0) is 12.2. The Morgan fingerprint density at radius 3 is 2.44 bits per heavy atom. The van der Waals surface area contributed by atoms with Crippen molar-refractivity contribution in [1.29, 1.82) is 0 Å². The number of aliphatic hydroxyl groups is 1. The lowest BCUT2D eigenvalue weighted by Crippen LogP contribution is -2.15. The first-order chi connectivity index (χ1) is 7.45. The van der Waals surface area contributed by atoms with Crippen LogP contribution in [0.4, 0.5) is 0 Å². The van der Waals surface area contributed by atoms with Gasteiger partial charge in [0.25, 0.3) is 0 Å². The third-order valence-electron chi connectivity index (χ3n) is 3.24. The van der Waals surface area contributed by atoms with Gasteiger partial charge in [-0.1, -0.05) is 33.8 Å². The number of pyridine rings is 1. The van der Waals surface area contributed by atoms with Crippen molar-refractivity contribution in [3.05, 3.63) is 29.6 Å². The maximum atomic E-state index is 8.75. The van der Waals surface area contributed by atoms with E-state index in [1.807, 2.05) is 6.20 Å². The molecule has 0 aliphatic carbocycles. The molecule has 2 nitrogen and oxygen atoms in total. The average Bonchev–Trinajstić information content (AvgIpc) is 2.25. The van der Waals surface area contributed by atoms with Crippen molar-refractivity contribution >= 4 is 0 Å². The van der Waals surface area contributed by atoms with E-state index in [9.17, 15) is 0 Å². The van der Waals surface area contributed by atoms with Gasteiger partial charge in [0.15, 0.2) is 0 Å². The minimum Gasteiger partial charge on any atom is -0.396 e. The summed E-state index contributed by atoms with van der Waals surface area (Å²) in [6.45, 7) is 9.22. The molecule has 1 atom stereocenters. The van der Waals surface area contributed by atoms with Crippen molar-refractivity contribution in [3.63, 3.8) is 0 Å². The highest BCUT2D eigenvalue weighted by atomic mass is 16.2. The largest absolute Gasteiger partial charge is 0.396 e. The highest BCUT2D eigenvalue weighted by Gasteiger charge is 2.21. The van der Waals surface area contributed by atoms with Crippen LogP contribution < -0.4 is 0 Å². The lowest BCUT2D eigenvalue weighted by atomic mass is 9.78. The van der Waals surface area contributed by atoms with Crippen LogP contribution in [0.1, 0.15) is 51.3 Å². The van der Waals surface area contributed by atoms with Crippen LogP contribution in [0.5, 0.6) is 0 Å². The molecule has 0 radical (unpaired) electrons. The van der Waals surface area contributed by atoms with Crippen molar-refractivity contribution in [1.82, 2.24) is 4.98 Å². The number of aliphatic hydroxyl groups excluding tert-OH is 1. The van der Waals surface area contributed by atoms with Crippen molar-refractivity contribution < 1.29 is 5.11 Å². The molecule has 1 rings (SSSR count). The summed E-state index contributed by atoms with van der Waals surface area (Å²) in [5.74, 6) is 0.506. The first-order valence-corrected chi connectivity index (χ1v) is 6.01. The fourth-order valence-electron chi connectivity index (χ4n) is 1.60. The third kappa shape index (κ3) is 3.60. The molecule has 0 aliphatic heterocycles. The molecule has 0 amide bonds. The van der Waals surface area contributed by atoms with Gasteiger partial charge in [0, 0.05) is 18.5 Å². The Morgan fingerprint density at radius 2 is 2.00 bits per heavy atom. The second-order valence-electron chi connectivity index (χ2n) is 5.50. The summed E-state index contributed by atoms with van der Waals surface area (Å²) in [4.78, 5) is 4.44. The number of hydrogen-bond donors (Lipinski definition) is 1. The summed E-state index contributed by atoms with van der Waals surface area (Å²) in [6, 6.07) is 4.24. The summed E-state index contributed by atoms with van der Waals surface area (Å²) in [7, 11) is 0. The topological polar surface area (TPSA) is 33.1 Å². The maximum Gasteiger partial charge on any atom is 0.0434 e. The smallest absolute Gasteiger partial charge is 0.0434 e.